The van der Waals surface area contributed by atoms with Crippen LogP contribution in [0, 0.1) is 11.8 Å². The summed E-state index contributed by atoms with van der Waals surface area (Å²) in [5, 5.41) is 10.2. The summed E-state index contributed by atoms with van der Waals surface area (Å²) < 4.78 is 6.53. The highest BCUT2D eigenvalue weighted by Crippen LogP contribution is 2.37. The van der Waals surface area contributed by atoms with Crippen molar-refractivity contribution >= 4 is 56.0 Å². The fraction of sp³-hybridized carbons (Fsp3) is 0.538. The number of ether oxygens (including phenoxy) is 1. The monoisotopic (exact) mass is 904 g/mol. The summed E-state index contributed by atoms with van der Waals surface area (Å²) in [5.74, 6) is -1.68. The second kappa shape index (κ2) is 24.0. The number of fused-ring (bicyclic) bond motifs is 1. The van der Waals surface area contributed by atoms with Crippen molar-refractivity contribution in [2.75, 3.05) is 51.3 Å². The molecule has 3 amide bonds. The number of likely N-dealkylation sites (tertiary alicyclic amines) is 1. The van der Waals surface area contributed by atoms with Gasteiger partial charge >= 0.3 is 0 Å². The molecule has 7 rings (SSSR count). The van der Waals surface area contributed by atoms with Crippen molar-refractivity contribution in [3.8, 4) is 0 Å². The Balaban J connectivity index is 0.971. The first-order valence-corrected chi connectivity index (χ1v) is 25.0. The fourth-order valence-electron chi connectivity index (χ4n) is 9.96. The normalized spacial score (nSPS) is 18.4. The number of unbranched alkanes of at least 4 members (excludes halogenated alkanes) is 4. The van der Waals surface area contributed by atoms with Gasteiger partial charge in [-0.15, -0.1) is 0 Å². The smallest absolute Gasteiger partial charge is 0.246 e. The number of Topliss-reactive ketones (excluding diaryl/α,β-unsaturated/α-hetero) is 2. The summed E-state index contributed by atoms with van der Waals surface area (Å²) in [7, 11) is 1.72. The number of thiazole rings is 1. The van der Waals surface area contributed by atoms with Gasteiger partial charge in [-0.2, -0.15) is 0 Å². The van der Waals surface area contributed by atoms with Gasteiger partial charge in [0, 0.05) is 50.5 Å². The van der Waals surface area contributed by atoms with Crippen molar-refractivity contribution in [3.63, 3.8) is 0 Å². The first kappa shape index (κ1) is 48.0. The average molecular weight is 905 g/mol. The van der Waals surface area contributed by atoms with Crippen molar-refractivity contribution in [3.05, 3.63) is 95.6 Å². The van der Waals surface area contributed by atoms with Gasteiger partial charge in [-0.25, -0.2) is 4.98 Å². The molecule has 0 radical (unpaired) electrons. The predicted molar refractivity (Wildman–Crippen MR) is 257 cm³/mol. The third kappa shape index (κ3) is 12.5. The summed E-state index contributed by atoms with van der Waals surface area (Å²) >= 11 is 1.63. The van der Waals surface area contributed by atoms with Gasteiger partial charge in [0.15, 0.2) is 16.7 Å². The molecule has 4 atom stereocenters. The maximum absolute atomic E-state index is 14.7. The van der Waals surface area contributed by atoms with E-state index in [1.165, 1.54) is 0 Å². The summed E-state index contributed by atoms with van der Waals surface area (Å²) in [6, 6.07) is 23.9. The number of aromatic nitrogens is 1. The van der Waals surface area contributed by atoms with Crippen LogP contribution in [0.5, 0.6) is 0 Å². The zero-order valence-corrected chi connectivity index (χ0v) is 39.1. The van der Waals surface area contributed by atoms with E-state index in [2.05, 4.69) is 20.9 Å². The van der Waals surface area contributed by atoms with E-state index in [-0.39, 0.29) is 47.5 Å². The van der Waals surface area contributed by atoms with Gasteiger partial charge in [0.2, 0.25) is 17.7 Å². The molecule has 12 nitrogen and oxygen atoms in total. The first-order chi connectivity index (χ1) is 31.7. The number of morpholine rings is 1. The molecule has 3 fully saturated rings. The second-order valence-electron chi connectivity index (χ2n) is 18.1. The molecule has 0 spiro atoms. The number of ketones is 2. The number of carbonyl (C=O) groups excluding carboxylic acids is 5. The van der Waals surface area contributed by atoms with E-state index in [1.807, 2.05) is 78.9 Å². The van der Waals surface area contributed by atoms with Crippen molar-refractivity contribution in [1.29, 1.82) is 0 Å². The summed E-state index contributed by atoms with van der Waals surface area (Å²) in [4.78, 5) is 79.0. The van der Waals surface area contributed by atoms with E-state index in [0.29, 0.717) is 51.1 Å². The summed E-state index contributed by atoms with van der Waals surface area (Å²) in [5.41, 5.74) is 3.38. The van der Waals surface area contributed by atoms with Gasteiger partial charge in [0.05, 0.1) is 41.4 Å². The van der Waals surface area contributed by atoms with Gasteiger partial charge < -0.3 is 30.5 Å². The first-order valence-electron chi connectivity index (χ1n) is 24.2. The number of benzene rings is 3. The Labute approximate surface area is 388 Å². The maximum atomic E-state index is 14.7. The molecule has 3 aromatic carbocycles. The molecule has 3 heterocycles. The lowest BCUT2D eigenvalue weighted by atomic mass is 9.77. The minimum Gasteiger partial charge on any atom is -0.378 e. The predicted octanol–water partition coefficient (Wildman–Crippen LogP) is 7.84. The van der Waals surface area contributed by atoms with Gasteiger partial charge in [-0.05, 0) is 81.7 Å². The molecule has 2 aliphatic heterocycles. The number of amides is 3. The molecule has 3 aliphatic rings. The molecule has 1 aliphatic carbocycles. The SMILES string of the molecule is CN[C@@H](C)C(=O)N[C@H](C(=O)N1CCC[C@H]1C(=O)C[C@H](C(=O)NCCCCCCCC(=O)c1cccc2sc(N3CCOCC3)nc12)C(c1ccccc1)c1ccccc1)C1CCCCC1. The second-order valence-corrected chi connectivity index (χ2v) is 19.1. The van der Waals surface area contributed by atoms with Crippen molar-refractivity contribution in [1.82, 2.24) is 25.8 Å². The summed E-state index contributed by atoms with van der Waals surface area (Å²) in [6.07, 6.45) is 10.8. The lowest BCUT2D eigenvalue weighted by molar-refractivity contribution is -0.143. The quantitative estimate of drug-likeness (QED) is 0.0530. The zero-order valence-electron chi connectivity index (χ0n) is 38.3. The molecule has 2 saturated heterocycles. The Hall–Kier alpha value is -4.98. The molecule has 1 saturated carbocycles. The molecule has 65 heavy (non-hydrogen) atoms. The van der Waals surface area contributed by atoms with Crippen molar-refractivity contribution in [2.45, 2.75) is 121 Å². The van der Waals surface area contributed by atoms with Crippen LogP contribution in [0.3, 0.4) is 0 Å². The Bertz CT molecular complexity index is 2150. The highest BCUT2D eigenvalue weighted by molar-refractivity contribution is 7.22. The van der Waals surface area contributed by atoms with Crippen molar-refractivity contribution in [2.24, 2.45) is 11.8 Å². The number of nitrogens with zero attached hydrogens (tertiary/aromatic N) is 3. The van der Waals surface area contributed by atoms with Crippen LogP contribution >= 0.6 is 11.3 Å². The third-order valence-electron chi connectivity index (χ3n) is 13.8. The van der Waals surface area contributed by atoms with Crippen molar-refractivity contribution < 1.29 is 28.7 Å². The van der Waals surface area contributed by atoms with Gasteiger partial charge in [-0.1, -0.05) is 117 Å². The van der Waals surface area contributed by atoms with Crippen LogP contribution in [-0.4, -0.2) is 104 Å². The van der Waals surface area contributed by atoms with E-state index >= 15 is 0 Å². The van der Waals surface area contributed by atoms with Crippen LogP contribution < -0.4 is 20.9 Å². The lowest BCUT2D eigenvalue weighted by Gasteiger charge is -2.35. The summed E-state index contributed by atoms with van der Waals surface area (Å²) in [6.45, 7) is 5.67. The fourth-order valence-corrected chi connectivity index (χ4v) is 11.0. The number of nitrogens with one attached hydrogen (secondary N) is 3. The number of para-hydroxylation sites is 1. The number of anilines is 1. The van der Waals surface area contributed by atoms with Gasteiger partial charge in [0.25, 0.3) is 0 Å². The molecular formula is C52H68N6O6S. The number of carbonyl (C=O) groups is 5. The molecule has 348 valence electrons. The van der Waals surface area contributed by atoms with Crippen LogP contribution in [0.4, 0.5) is 5.13 Å². The van der Waals surface area contributed by atoms with Crippen LogP contribution in [0.25, 0.3) is 10.2 Å². The van der Waals surface area contributed by atoms with E-state index in [4.69, 9.17) is 9.72 Å². The van der Waals surface area contributed by atoms with Gasteiger partial charge in [0.1, 0.15) is 6.04 Å². The number of hydrogen-bond acceptors (Lipinski definition) is 10. The van der Waals surface area contributed by atoms with Crippen LogP contribution in [0.15, 0.2) is 78.9 Å². The highest BCUT2D eigenvalue weighted by atomic mass is 32.1. The number of rotatable bonds is 22. The molecule has 0 unspecified atom stereocenters. The molecule has 3 N–H and O–H groups in total. The molecule has 1 aromatic heterocycles. The minimum atomic E-state index is -0.715. The Kier molecular flexibility index (Phi) is 17.7. The van der Waals surface area contributed by atoms with E-state index in [9.17, 15) is 24.0 Å². The number of hydrogen-bond donors (Lipinski definition) is 3. The molecular weight excluding hydrogens is 837 g/mol. The van der Waals surface area contributed by atoms with Crippen LogP contribution in [-0.2, 0) is 23.9 Å². The Morgan fingerprint density at radius 3 is 2.14 bits per heavy atom. The van der Waals surface area contributed by atoms with E-state index < -0.39 is 24.0 Å². The standard InChI is InChI=1S/C52H68N6O6S/c1-36(53-2)49(61)55-47(39-23-13-8-14-24-39)51(63)58-30-18-26-42(58)44(60)35-41(46(37-19-9-6-10-20-37)38-21-11-7-12-22-38)50(62)54-29-16-5-3-4-15-27-43(59)40-25-17-28-45-48(40)56-52(65-45)57-31-33-64-34-32-57/h6-7,9-12,17,19-22,25,28,36,39,41-42,46-47,53H,3-5,8,13-16,18,23-24,26-27,29-35H2,1-2H3,(H,54,62)(H,55,61)/t36-,41-,42-,47-/m0/s1. The Morgan fingerprint density at radius 1 is 0.769 bits per heavy atom. The number of likely N-dealkylation sites (N-methyl/N-ethyl adjacent to an activating group) is 1. The largest absolute Gasteiger partial charge is 0.378 e. The van der Waals surface area contributed by atoms with E-state index in [1.54, 1.807) is 30.2 Å². The molecule has 0 bridgehead atoms. The lowest BCUT2D eigenvalue weighted by Crippen LogP contribution is -2.57. The third-order valence-corrected chi connectivity index (χ3v) is 14.8. The average Bonchev–Trinajstić information content (AvgIpc) is 4.03. The molecule has 13 heteroatoms. The topological polar surface area (TPSA) is 150 Å². The van der Waals surface area contributed by atoms with Crippen LogP contribution in [0.2, 0.25) is 0 Å². The Morgan fingerprint density at radius 2 is 1.45 bits per heavy atom. The zero-order chi connectivity index (χ0) is 45.5. The van der Waals surface area contributed by atoms with Crippen LogP contribution in [0.1, 0.15) is 124 Å². The van der Waals surface area contributed by atoms with Gasteiger partial charge in [-0.3, -0.25) is 24.0 Å². The highest BCUT2D eigenvalue weighted by Gasteiger charge is 2.43. The molecule has 4 aromatic rings. The van der Waals surface area contributed by atoms with E-state index in [0.717, 1.165) is 104 Å². The maximum Gasteiger partial charge on any atom is 0.246 e. The minimum absolute atomic E-state index is 0.0150.